The average Bonchev–Trinajstić information content (AvgIpc) is 2.26. The molecule has 1 N–H and O–H groups in total. The summed E-state index contributed by atoms with van der Waals surface area (Å²) in [6, 6.07) is 0. The van der Waals surface area contributed by atoms with Crippen molar-refractivity contribution in [3.8, 4) is 0 Å². The Bertz CT molecular complexity index is 408. The Kier molecular flexibility index (Phi) is 2.85. The summed E-state index contributed by atoms with van der Waals surface area (Å²) in [5.74, 6) is -1.97. The van der Waals surface area contributed by atoms with Crippen LogP contribution in [-0.2, 0) is 4.79 Å². The van der Waals surface area contributed by atoms with Gasteiger partial charge in [-0.05, 0) is 0 Å². The minimum Gasteiger partial charge on any atom is -0.320 e. The van der Waals surface area contributed by atoms with E-state index in [1.807, 2.05) is 0 Å². The summed E-state index contributed by atoms with van der Waals surface area (Å²) in [6.07, 6.45) is -4.48. The molecule has 96 valence electrons. The van der Waals surface area contributed by atoms with Crippen molar-refractivity contribution in [2.24, 2.45) is 0 Å². The molecule has 7 heteroatoms. The molecule has 1 fully saturated rings. The number of alkyl halides is 3. The summed E-state index contributed by atoms with van der Waals surface area (Å²) in [4.78, 5) is 22.7. The predicted octanol–water partition coefficient (Wildman–Crippen LogP) is 1.90. The summed E-state index contributed by atoms with van der Waals surface area (Å²) in [5, 5.41) is 2.63. The van der Waals surface area contributed by atoms with E-state index in [0.717, 1.165) is 0 Å². The smallest absolute Gasteiger partial charge is 0.320 e. The molecule has 17 heavy (non-hydrogen) atoms. The van der Waals surface area contributed by atoms with Gasteiger partial charge in [0.15, 0.2) is 0 Å². The highest BCUT2D eigenvalue weighted by Gasteiger charge is 2.58. The van der Waals surface area contributed by atoms with Crippen LogP contribution in [0.1, 0.15) is 27.7 Å². The zero-order chi connectivity index (χ0) is 13.6. The lowest BCUT2D eigenvalue weighted by Gasteiger charge is -2.10. The Morgan fingerprint density at radius 3 is 2.06 bits per heavy atom. The lowest BCUT2D eigenvalue weighted by atomic mass is 10.0. The Balaban J connectivity index is 3.14. The number of nitrogens with one attached hydrogen (secondary N) is 1. The van der Waals surface area contributed by atoms with Gasteiger partial charge in [-0.25, -0.2) is 0 Å². The fourth-order valence-corrected chi connectivity index (χ4v) is 1.77. The molecule has 0 unspecified atom stereocenters. The maximum absolute atomic E-state index is 12.1. The van der Waals surface area contributed by atoms with Gasteiger partial charge >= 0.3 is 6.18 Å². The molecule has 1 rings (SSSR count). The molecule has 1 heterocycles. The SMILES string of the molecule is CC1(C)NC(=CC(=O)C(F)(F)F)C(C)(C)[N+]1=O. The first-order chi connectivity index (χ1) is 7.39. The van der Waals surface area contributed by atoms with Crippen molar-refractivity contribution in [3.05, 3.63) is 16.7 Å². The van der Waals surface area contributed by atoms with E-state index < -0.39 is 23.2 Å². The molecule has 0 aromatic rings. The monoisotopic (exact) mass is 251 g/mol. The molecule has 0 saturated carbocycles. The molecule has 1 aliphatic rings. The number of halogens is 3. The molecule has 0 spiro atoms. The Morgan fingerprint density at radius 2 is 1.76 bits per heavy atom. The van der Waals surface area contributed by atoms with Crippen LogP contribution in [-0.4, -0.2) is 27.9 Å². The number of nitroso groups, excluding NO2 is 1. The first-order valence-corrected chi connectivity index (χ1v) is 4.98. The van der Waals surface area contributed by atoms with Gasteiger partial charge < -0.3 is 5.32 Å². The second-order valence-corrected chi connectivity index (χ2v) is 4.96. The molecule has 4 nitrogen and oxygen atoms in total. The number of nitrogens with zero attached hydrogens (tertiary/aromatic N) is 1. The number of carbonyl (C=O) groups excluding carboxylic acids is 1. The first-order valence-electron chi connectivity index (χ1n) is 4.98. The fraction of sp³-hybridized carbons (Fsp3) is 0.700. The first kappa shape index (κ1) is 13.7. The van der Waals surface area contributed by atoms with E-state index in [-0.39, 0.29) is 5.70 Å². The molecule has 1 saturated heterocycles. The number of allylic oxidation sites excluding steroid dienone is 1. The van der Waals surface area contributed by atoms with Gasteiger partial charge in [0, 0.05) is 43.4 Å². The third-order valence-electron chi connectivity index (χ3n) is 2.67. The van der Waals surface area contributed by atoms with Crippen molar-refractivity contribution in [2.45, 2.75) is 45.1 Å². The maximum atomic E-state index is 12.1. The van der Waals surface area contributed by atoms with Crippen LogP contribution >= 0.6 is 0 Å². The zero-order valence-corrected chi connectivity index (χ0v) is 9.97. The fourth-order valence-electron chi connectivity index (χ4n) is 1.77. The van der Waals surface area contributed by atoms with Crippen LogP contribution < -0.4 is 5.32 Å². The number of ketones is 1. The Morgan fingerprint density at radius 1 is 1.29 bits per heavy atom. The van der Waals surface area contributed by atoms with Crippen molar-refractivity contribution < 1.29 is 22.7 Å². The van der Waals surface area contributed by atoms with E-state index >= 15 is 0 Å². The lowest BCUT2D eigenvalue weighted by molar-refractivity contribution is -0.656. The highest BCUT2D eigenvalue weighted by molar-refractivity contribution is 5.95. The summed E-state index contributed by atoms with van der Waals surface area (Å²) in [5.41, 5.74) is -2.26. The molecule has 0 aromatic carbocycles. The van der Waals surface area contributed by atoms with Gasteiger partial charge in [-0.15, -0.1) is 0 Å². The van der Waals surface area contributed by atoms with Crippen LogP contribution in [0.4, 0.5) is 13.2 Å². The lowest BCUT2D eigenvalue weighted by Crippen LogP contribution is -2.42. The third-order valence-corrected chi connectivity index (χ3v) is 2.67. The van der Waals surface area contributed by atoms with E-state index in [2.05, 4.69) is 5.32 Å². The summed E-state index contributed by atoms with van der Waals surface area (Å²) >= 11 is 0. The number of hydrogen-bond donors (Lipinski definition) is 1. The van der Waals surface area contributed by atoms with Crippen molar-refractivity contribution >= 4 is 5.78 Å². The molecule has 0 atom stereocenters. The molecule has 0 amide bonds. The third kappa shape index (κ3) is 2.32. The molecule has 0 aromatic heterocycles. The van der Waals surface area contributed by atoms with Crippen LogP contribution in [0.2, 0.25) is 0 Å². The van der Waals surface area contributed by atoms with Gasteiger partial charge in [0.25, 0.3) is 11.4 Å². The highest BCUT2D eigenvalue weighted by Crippen LogP contribution is 2.33. The van der Waals surface area contributed by atoms with Crippen molar-refractivity contribution in [2.75, 3.05) is 0 Å². The Labute approximate surface area is 96.4 Å². The summed E-state index contributed by atoms with van der Waals surface area (Å²) < 4.78 is 37.0. The van der Waals surface area contributed by atoms with Crippen LogP contribution in [0.5, 0.6) is 0 Å². The normalized spacial score (nSPS) is 24.9. The van der Waals surface area contributed by atoms with Crippen LogP contribution in [0, 0.1) is 4.91 Å². The van der Waals surface area contributed by atoms with E-state index in [9.17, 15) is 22.9 Å². The van der Waals surface area contributed by atoms with Crippen LogP contribution in [0.25, 0.3) is 0 Å². The molecular weight excluding hydrogens is 237 g/mol. The number of carbonyl (C=O) groups is 1. The predicted molar refractivity (Wildman–Crippen MR) is 54.1 cm³/mol. The van der Waals surface area contributed by atoms with Gasteiger partial charge in [0.1, 0.15) is 0 Å². The van der Waals surface area contributed by atoms with Gasteiger partial charge in [0.05, 0.1) is 5.70 Å². The zero-order valence-electron chi connectivity index (χ0n) is 9.97. The second-order valence-electron chi connectivity index (χ2n) is 4.96. The molecule has 0 aliphatic carbocycles. The van der Waals surface area contributed by atoms with Crippen molar-refractivity contribution in [1.82, 2.24) is 5.32 Å². The van der Waals surface area contributed by atoms with E-state index in [4.69, 9.17) is 0 Å². The van der Waals surface area contributed by atoms with E-state index in [1.54, 1.807) is 0 Å². The maximum Gasteiger partial charge on any atom is 0.454 e. The topological polar surface area (TPSA) is 49.2 Å². The second kappa shape index (κ2) is 3.54. The molecule has 0 radical (unpaired) electrons. The van der Waals surface area contributed by atoms with Crippen molar-refractivity contribution in [3.63, 3.8) is 0 Å². The van der Waals surface area contributed by atoms with Crippen LogP contribution in [0.15, 0.2) is 11.8 Å². The molecule has 1 aliphatic heterocycles. The summed E-state index contributed by atoms with van der Waals surface area (Å²) in [6.45, 7) is 5.97. The minimum atomic E-state index is -4.93. The standard InChI is InChI=1S/C10H13F3N2O2/c1-8(2)6(5-7(16)10(11,12)13)14-9(3,4)15(8)17/h5H,1-4H3/p+1. The average molecular weight is 251 g/mol. The Hall–Kier alpha value is -1.40. The van der Waals surface area contributed by atoms with Gasteiger partial charge in [0.2, 0.25) is 5.54 Å². The summed E-state index contributed by atoms with van der Waals surface area (Å²) in [7, 11) is 0. The molecular formula is C10H14F3N2O2+. The van der Waals surface area contributed by atoms with Gasteiger partial charge in [-0.1, -0.05) is 0 Å². The highest BCUT2D eigenvalue weighted by atomic mass is 19.4. The largest absolute Gasteiger partial charge is 0.454 e. The van der Waals surface area contributed by atoms with Crippen LogP contribution in [0.3, 0.4) is 0 Å². The van der Waals surface area contributed by atoms with Crippen molar-refractivity contribution in [1.29, 1.82) is 0 Å². The van der Waals surface area contributed by atoms with Gasteiger partial charge in [-0.2, -0.15) is 13.2 Å². The number of rotatable bonds is 1. The van der Waals surface area contributed by atoms with Gasteiger partial charge in [-0.3, -0.25) is 4.79 Å². The van der Waals surface area contributed by atoms with E-state index in [1.165, 1.54) is 27.7 Å². The number of hydrogen-bond acceptors (Lipinski definition) is 3. The van der Waals surface area contributed by atoms with E-state index in [0.29, 0.717) is 10.8 Å². The quantitative estimate of drug-likeness (QED) is 0.572. The molecule has 0 bridgehead atoms. The minimum absolute atomic E-state index is 0.0279.